The molecule has 29 nitrogen and oxygen atoms in total. The van der Waals surface area contributed by atoms with Gasteiger partial charge in [0, 0.05) is 91.4 Å². The molecule has 8 aromatic carbocycles. The first-order valence-corrected chi connectivity index (χ1v) is 47.3. The molecule has 5 amide bonds. The maximum Gasteiger partial charge on any atom is 0.254 e. The number of alkyl halides is 2. The van der Waals surface area contributed by atoms with E-state index in [1.54, 1.807) is 134 Å². The van der Waals surface area contributed by atoms with Crippen LogP contribution in [0.15, 0.2) is 195 Å². The third-order valence-corrected chi connectivity index (χ3v) is 26.1. The van der Waals surface area contributed by atoms with Gasteiger partial charge in [-0.15, -0.1) is 0 Å². The minimum Gasteiger partial charge on any atom is -0.394 e. The number of aliphatic hydroxyl groups excluding tert-OH is 6. The lowest BCUT2D eigenvalue weighted by molar-refractivity contribution is -0.124. The van der Waals surface area contributed by atoms with Crippen molar-refractivity contribution in [2.45, 2.75) is 175 Å². The van der Waals surface area contributed by atoms with E-state index in [1.165, 1.54) is 54.7 Å². The van der Waals surface area contributed by atoms with Crippen molar-refractivity contribution >= 4 is 99.2 Å². The molecule has 12 aromatic rings. The first kappa shape index (κ1) is 105. The largest absolute Gasteiger partial charge is 0.394 e. The molecular formula is C102H106Cl4F6N18O11. The normalized spacial score (nSPS) is 18.1. The van der Waals surface area contributed by atoms with Crippen molar-refractivity contribution in [2.24, 2.45) is 5.73 Å². The third-order valence-electron chi connectivity index (χ3n) is 25.2. The number of carbonyl (C=O) groups is 5. The van der Waals surface area contributed by atoms with Crippen LogP contribution in [0.4, 0.5) is 49.6 Å². The summed E-state index contributed by atoms with van der Waals surface area (Å²) in [6.45, 7) is -1.58. The molecule has 0 aliphatic heterocycles. The van der Waals surface area contributed by atoms with Gasteiger partial charge >= 0.3 is 0 Å². The number of halogens is 10. The SMILES string of the molecule is NC[C@@H](NC(=O)c1ccc(-c2nc(C3CCC(F)(F)CC3)cnc2N)cc1F)c1cccc(Cl)c1.Nc1ncc(C2CCC(NC(=O)CO)CC2)nc1-c1ccc(C(=O)N[C@H](CO)c2cccc(Cl)c2)c(F)c1.Nc1ncc(C2CCCC(O)C2)nc1-c1ccc(C(=O)N[C@H](CO)c2cccc(Cl)c2)c(F)c1.Nc1ncc(C2CCCC(O)C2)nc1-c1ccc(C(=O)N[C@H](CO)c2cccc(Cl)c2)c(F)c1. The number of anilines is 4. The number of aliphatic hydroxyl groups is 6. The quantitative estimate of drug-likeness (QED) is 0.0224. The van der Waals surface area contributed by atoms with Crippen LogP contribution in [0.5, 0.6) is 0 Å². The second-order valence-electron chi connectivity index (χ2n) is 34.9. The van der Waals surface area contributed by atoms with Crippen molar-refractivity contribution < 1.29 is 81.0 Å². The number of carbonyl (C=O) groups excluding carboxylic acids is 5. The fourth-order valence-electron chi connectivity index (χ4n) is 17.5. The molecule has 21 N–H and O–H groups in total. The molecule has 4 saturated carbocycles. The Morgan fingerprint density at radius 3 is 0.929 bits per heavy atom. The molecule has 4 fully saturated rings. The number of rotatable bonds is 26. The molecular weight excluding hydrogens is 1910 g/mol. The highest BCUT2D eigenvalue weighted by Gasteiger charge is 2.37. The van der Waals surface area contributed by atoms with Gasteiger partial charge in [0.15, 0.2) is 0 Å². The highest BCUT2D eigenvalue weighted by molar-refractivity contribution is 6.31. The van der Waals surface area contributed by atoms with E-state index in [2.05, 4.69) is 66.5 Å². The van der Waals surface area contributed by atoms with Gasteiger partial charge in [0.2, 0.25) is 11.8 Å². The van der Waals surface area contributed by atoms with Gasteiger partial charge in [0.05, 0.1) is 126 Å². The lowest BCUT2D eigenvalue weighted by Crippen LogP contribution is -2.38. The summed E-state index contributed by atoms with van der Waals surface area (Å²) in [6, 6.07) is 40.6. The second kappa shape index (κ2) is 49.0. The molecule has 16 rings (SSSR count). The highest BCUT2D eigenvalue weighted by Crippen LogP contribution is 2.43. The first-order valence-electron chi connectivity index (χ1n) is 45.8. The van der Waals surface area contributed by atoms with Gasteiger partial charge < -0.3 is 85.9 Å². The van der Waals surface area contributed by atoms with E-state index in [1.807, 2.05) is 0 Å². The van der Waals surface area contributed by atoms with Gasteiger partial charge in [-0.05, 0) is 196 Å². The number of hydrogen-bond acceptors (Lipinski definition) is 24. The lowest BCUT2D eigenvalue weighted by atomic mass is 9.84. The molecule has 4 unspecified atom stereocenters. The number of nitrogens with two attached hydrogens (primary N) is 5. The third kappa shape index (κ3) is 27.9. The maximum absolute atomic E-state index is 15.1. The zero-order valence-electron chi connectivity index (χ0n) is 76.1. The average Bonchev–Trinajstić information content (AvgIpc) is 0.804. The lowest BCUT2D eigenvalue weighted by Gasteiger charge is -2.28. The summed E-state index contributed by atoms with van der Waals surface area (Å²) in [5, 5.41) is 73.3. The Bertz CT molecular complexity index is 6270. The fourth-order valence-corrected chi connectivity index (χ4v) is 18.3. The second-order valence-corrected chi connectivity index (χ2v) is 36.7. The molecule has 39 heteroatoms. The van der Waals surface area contributed by atoms with Crippen LogP contribution in [-0.2, 0) is 4.79 Å². The van der Waals surface area contributed by atoms with Crippen molar-refractivity contribution in [3.8, 4) is 45.0 Å². The molecule has 4 heterocycles. The number of aromatic nitrogens is 8. The Kier molecular flexibility index (Phi) is 36.6. The van der Waals surface area contributed by atoms with Crippen molar-refractivity contribution in [2.75, 3.05) is 55.9 Å². The van der Waals surface area contributed by atoms with Crippen molar-refractivity contribution in [1.29, 1.82) is 0 Å². The predicted molar refractivity (Wildman–Crippen MR) is 525 cm³/mol. The standard InChI is InChI=1S/C27H29ClFN5O4.C25H25ClF3N5O.2C25H26ClFN4O3/c28-18-3-1-2-16(10-18)23(13-35)34-27(38)20-9-6-17(11-21(20)29)25-26(30)31-12-22(33-25)15-4-7-19(8-5-15)32-24(37)14-36;26-17-3-1-2-15(10-17)20(12-30)34-24(35)18-5-4-16(11-19(18)27)22-23(31)32-13-21(33-22)14-6-8-25(28,29)9-7-14;2*26-17-5-1-3-14(9-17)22(13-32)31-25(34)19-8-7-16(11-20(19)27)23-24(28)29-12-21(30-23)15-4-2-6-18(33)10-15/h1-3,6,9-12,15,19,23,35-36H,4-5,7-8,13-14H2,(H2,30,31)(H,32,37)(H,34,38);1-5,10-11,13-14,20H,6-9,12,30H2,(H2,31,32)(H,34,35);2*1,3,5,7-9,11-12,15,18,22,32-33H,2,4,6,10,13H2,(H2,28,29)(H,31,34)/t15?,19?,23-;20-;2*15?,18?,22-/m1111/s1. The van der Waals surface area contributed by atoms with Gasteiger partial charge in [0.1, 0.15) is 75.9 Å². The fraction of sp³-hybridized carbons (Fsp3) is 0.324. The number of nitrogens with one attached hydrogen (secondary N) is 5. The van der Waals surface area contributed by atoms with Crippen LogP contribution < -0.4 is 55.3 Å². The number of amides is 5. The maximum atomic E-state index is 15.1. The summed E-state index contributed by atoms with van der Waals surface area (Å²) in [5.74, 6) is -8.20. The van der Waals surface area contributed by atoms with Crippen LogP contribution in [0.1, 0.15) is 237 Å². The summed E-state index contributed by atoms with van der Waals surface area (Å²) in [5.41, 5.74) is 37.1. The smallest absolute Gasteiger partial charge is 0.254 e. The summed E-state index contributed by atoms with van der Waals surface area (Å²) in [7, 11) is 0. The van der Waals surface area contributed by atoms with E-state index in [0.29, 0.717) is 112 Å². The molecule has 4 aliphatic rings. The Labute approximate surface area is 828 Å². The minimum absolute atomic E-state index is 0.00389. The Morgan fingerprint density at radius 2 is 0.660 bits per heavy atom. The molecule has 4 aliphatic carbocycles. The molecule has 740 valence electrons. The molecule has 4 aromatic heterocycles. The number of hydrogen-bond donors (Lipinski definition) is 16. The zero-order chi connectivity index (χ0) is 101. The van der Waals surface area contributed by atoms with Crippen LogP contribution in [0.2, 0.25) is 20.1 Å². The molecule has 141 heavy (non-hydrogen) atoms. The van der Waals surface area contributed by atoms with E-state index < -0.39 is 89.5 Å². The van der Waals surface area contributed by atoms with Crippen LogP contribution in [0.25, 0.3) is 45.0 Å². The van der Waals surface area contributed by atoms with E-state index >= 15 is 4.39 Å². The molecule has 0 saturated heterocycles. The summed E-state index contributed by atoms with van der Waals surface area (Å²) in [6.07, 6.45) is 15.0. The first-order chi connectivity index (χ1) is 67.6. The van der Waals surface area contributed by atoms with Crippen LogP contribution in [0.3, 0.4) is 0 Å². The van der Waals surface area contributed by atoms with Crippen LogP contribution in [-0.4, -0.2) is 157 Å². The predicted octanol–water partition coefficient (Wildman–Crippen LogP) is 16.4. The summed E-state index contributed by atoms with van der Waals surface area (Å²) < 4.78 is 87.1. The number of nitrogens with zero attached hydrogens (tertiary/aromatic N) is 8. The topological polar surface area (TPSA) is 500 Å². The number of nitrogen functional groups attached to an aromatic ring is 4. The summed E-state index contributed by atoms with van der Waals surface area (Å²) >= 11 is 24.0. The van der Waals surface area contributed by atoms with Crippen LogP contribution in [0, 0.1) is 23.3 Å². The average molecular weight is 2020 g/mol. The monoisotopic (exact) mass is 2010 g/mol. The highest BCUT2D eigenvalue weighted by atomic mass is 35.5. The summed E-state index contributed by atoms with van der Waals surface area (Å²) in [4.78, 5) is 97.7. The molecule has 0 spiro atoms. The molecule has 0 bridgehead atoms. The van der Waals surface area contributed by atoms with E-state index in [-0.39, 0.29) is 145 Å². The number of benzene rings is 8. The van der Waals surface area contributed by atoms with E-state index in [4.69, 9.17) is 80.2 Å². The van der Waals surface area contributed by atoms with E-state index in [0.717, 1.165) is 76.0 Å². The Morgan fingerprint density at radius 1 is 0.376 bits per heavy atom. The van der Waals surface area contributed by atoms with Crippen molar-refractivity contribution in [3.63, 3.8) is 0 Å². The van der Waals surface area contributed by atoms with Crippen LogP contribution >= 0.6 is 46.4 Å². The van der Waals surface area contributed by atoms with E-state index in [9.17, 15) is 71.5 Å². The van der Waals surface area contributed by atoms with Gasteiger partial charge in [-0.25, -0.2) is 66.2 Å². The van der Waals surface area contributed by atoms with Crippen molar-refractivity contribution in [3.05, 3.63) is 305 Å². The zero-order valence-corrected chi connectivity index (χ0v) is 79.2. The molecule has 0 radical (unpaired) electrons. The van der Waals surface area contributed by atoms with Crippen molar-refractivity contribution in [1.82, 2.24) is 66.5 Å². The van der Waals surface area contributed by atoms with Gasteiger partial charge in [-0.1, -0.05) is 132 Å². The Balaban J connectivity index is 0.000000158. The molecule has 8 atom stereocenters. The van der Waals surface area contributed by atoms with Gasteiger partial charge in [0.25, 0.3) is 23.6 Å². The minimum atomic E-state index is -2.66. The van der Waals surface area contributed by atoms with Gasteiger partial charge in [-0.3, -0.25) is 24.0 Å². The Hall–Kier alpha value is -12.9. The van der Waals surface area contributed by atoms with Gasteiger partial charge in [-0.2, -0.15) is 0 Å².